The SMILES string of the molecule is CN1CC[C@@]23CCCC[C@H]2[C@@H]1Cc1cc2c(cc13)OCOC2. The van der Waals surface area contributed by atoms with Gasteiger partial charge in [-0.15, -0.1) is 0 Å². The molecule has 3 heteroatoms. The second-order valence-electron chi connectivity index (χ2n) is 7.74. The maximum atomic E-state index is 5.79. The third-order valence-electron chi connectivity index (χ3n) is 6.85. The van der Waals surface area contributed by atoms with Crippen LogP contribution in [0.2, 0.25) is 0 Å². The van der Waals surface area contributed by atoms with Crippen LogP contribution < -0.4 is 4.74 Å². The van der Waals surface area contributed by atoms with Crippen molar-refractivity contribution in [3.8, 4) is 5.75 Å². The van der Waals surface area contributed by atoms with Crippen molar-refractivity contribution >= 4 is 0 Å². The highest BCUT2D eigenvalue weighted by Crippen LogP contribution is 2.56. The molecule has 1 aromatic rings. The van der Waals surface area contributed by atoms with E-state index in [1.54, 1.807) is 11.1 Å². The number of likely N-dealkylation sites (tertiary alicyclic amines) is 1. The Morgan fingerprint density at radius 1 is 1.18 bits per heavy atom. The summed E-state index contributed by atoms with van der Waals surface area (Å²) in [4.78, 5) is 2.63. The van der Waals surface area contributed by atoms with Gasteiger partial charge in [-0.25, -0.2) is 0 Å². The van der Waals surface area contributed by atoms with E-state index in [0.717, 1.165) is 17.7 Å². The number of hydrogen-bond acceptors (Lipinski definition) is 3. The van der Waals surface area contributed by atoms with Gasteiger partial charge in [-0.2, -0.15) is 0 Å². The lowest BCUT2D eigenvalue weighted by molar-refractivity contribution is -0.0187. The molecule has 22 heavy (non-hydrogen) atoms. The fourth-order valence-corrected chi connectivity index (χ4v) is 5.79. The predicted octanol–water partition coefficient (Wildman–Crippen LogP) is 3.24. The summed E-state index contributed by atoms with van der Waals surface area (Å²) in [5, 5.41) is 0. The Hall–Kier alpha value is -1.06. The number of nitrogens with zero attached hydrogens (tertiary/aromatic N) is 1. The lowest BCUT2D eigenvalue weighted by Gasteiger charge is -2.58. The molecular formula is C19H25NO2. The normalized spacial score (nSPS) is 36.8. The first-order chi connectivity index (χ1) is 10.8. The quantitative estimate of drug-likeness (QED) is 0.734. The van der Waals surface area contributed by atoms with Crippen molar-refractivity contribution in [3.05, 3.63) is 28.8 Å². The minimum atomic E-state index is 0.410. The summed E-state index contributed by atoms with van der Waals surface area (Å²) in [7, 11) is 2.33. The molecular weight excluding hydrogens is 274 g/mol. The van der Waals surface area contributed by atoms with E-state index in [1.165, 1.54) is 50.6 Å². The van der Waals surface area contributed by atoms with E-state index in [9.17, 15) is 0 Å². The van der Waals surface area contributed by atoms with Crippen LogP contribution in [-0.4, -0.2) is 31.3 Å². The molecule has 0 amide bonds. The summed E-state index contributed by atoms with van der Waals surface area (Å²) in [6, 6.07) is 5.53. The van der Waals surface area contributed by atoms with Crippen molar-refractivity contribution in [1.29, 1.82) is 0 Å². The first-order valence-electron chi connectivity index (χ1n) is 8.85. The zero-order valence-electron chi connectivity index (χ0n) is 13.4. The fraction of sp³-hybridized carbons (Fsp3) is 0.684. The predicted molar refractivity (Wildman–Crippen MR) is 85.1 cm³/mol. The Kier molecular flexibility index (Phi) is 2.87. The number of hydrogen-bond donors (Lipinski definition) is 0. The summed E-state index contributed by atoms with van der Waals surface area (Å²) in [5.41, 5.74) is 4.88. The Labute approximate surface area is 132 Å². The standard InChI is InChI=1S/C19H25NO2/c1-20-7-6-19-5-3-2-4-15(19)17(20)9-13-8-14-11-21-12-22-18(14)10-16(13)19/h8,10,15,17H,2-7,9,11-12H2,1H3/t15-,17-,19-/m0/s1. The minimum Gasteiger partial charge on any atom is -0.467 e. The number of rotatable bonds is 0. The molecule has 2 aliphatic heterocycles. The zero-order chi connectivity index (χ0) is 14.7. The molecule has 4 aliphatic rings. The van der Waals surface area contributed by atoms with Crippen LogP contribution in [-0.2, 0) is 23.2 Å². The van der Waals surface area contributed by atoms with E-state index in [-0.39, 0.29) is 0 Å². The third-order valence-corrected chi connectivity index (χ3v) is 6.85. The van der Waals surface area contributed by atoms with Crippen LogP contribution in [0.1, 0.15) is 48.8 Å². The maximum Gasteiger partial charge on any atom is 0.189 e. The van der Waals surface area contributed by atoms with Crippen molar-refractivity contribution in [2.24, 2.45) is 5.92 Å². The van der Waals surface area contributed by atoms with Gasteiger partial charge < -0.3 is 14.4 Å². The van der Waals surface area contributed by atoms with Gasteiger partial charge in [0.15, 0.2) is 6.79 Å². The highest BCUT2D eigenvalue weighted by Gasteiger charge is 2.53. The Morgan fingerprint density at radius 3 is 3.09 bits per heavy atom. The fourth-order valence-electron chi connectivity index (χ4n) is 5.79. The topological polar surface area (TPSA) is 21.7 Å². The van der Waals surface area contributed by atoms with Crippen LogP contribution in [0.3, 0.4) is 0 Å². The van der Waals surface area contributed by atoms with Crippen LogP contribution in [0, 0.1) is 5.92 Å². The first kappa shape index (κ1) is 13.4. The lowest BCUT2D eigenvalue weighted by Crippen LogP contribution is -2.59. The van der Waals surface area contributed by atoms with E-state index in [0.29, 0.717) is 18.8 Å². The molecule has 0 unspecified atom stereocenters. The van der Waals surface area contributed by atoms with Gasteiger partial charge >= 0.3 is 0 Å². The molecule has 2 bridgehead atoms. The molecule has 2 heterocycles. The molecule has 5 rings (SSSR count). The smallest absolute Gasteiger partial charge is 0.189 e. The molecule has 0 N–H and O–H groups in total. The molecule has 2 fully saturated rings. The molecule has 3 atom stereocenters. The summed E-state index contributed by atoms with van der Waals surface area (Å²) >= 11 is 0. The van der Waals surface area contributed by atoms with E-state index in [1.807, 2.05) is 0 Å². The van der Waals surface area contributed by atoms with Crippen LogP contribution in [0.5, 0.6) is 5.75 Å². The van der Waals surface area contributed by atoms with Gasteiger partial charge in [-0.05, 0) is 68.5 Å². The lowest BCUT2D eigenvalue weighted by atomic mass is 9.52. The zero-order valence-corrected chi connectivity index (χ0v) is 13.4. The van der Waals surface area contributed by atoms with Gasteiger partial charge in [0.2, 0.25) is 0 Å². The number of fused-ring (bicyclic) bond motifs is 2. The Balaban J connectivity index is 1.69. The number of likely N-dealkylation sites (N-methyl/N-ethyl adjacent to an activating group) is 1. The summed E-state index contributed by atoms with van der Waals surface area (Å²) in [6.45, 7) is 2.37. The van der Waals surface area contributed by atoms with Gasteiger partial charge in [-0.3, -0.25) is 0 Å². The summed E-state index contributed by atoms with van der Waals surface area (Å²) in [5.74, 6) is 1.94. The molecule has 1 aromatic carbocycles. The van der Waals surface area contributed by atoms with Crippen molar-refractivity contribution in [2.75, 3.05) is 20.4 Å². The molecule has 3 nitrogen and oxygen atoms in total. The van der Waals surface area contributed by atoms with Gasteiger partial charge in [-0.1, -0.05) is 12.8 Å². The average molecular weight is 299 g/mol. The van der Waals surface area contributed by atoms with E-state index < -0.39 is 0 Å². The number of ether oxygens (including phenoxy) is 2. The molecule has 0 aromatic heterocycles. The van der Waals surface area contributed by atoms with Crippen LogP contribution in [0.25, 0.3) is 0 Å². The van der Waals surface area contributed by atoms with Crippen LogP contribution >= 0.6 is 0 Å². The molecule has 118 valence electrons. The van der Waals surface area contributed by atoms with E-state index >= 15 is 0 Å². The van der Waals surface area contributed by atoms with Crippen molar-refractivity contribution in [1.82, 2.24) is 4.90 Å². The molecule has 0 radical (unpaired) electrons. The van der Waals surface area contributed by atoms with Gasteiger partial charge in [0.1, 0.15) is 5.75 Å². The minimum absolute atomic E-state index is 0.410. The second kappa shape index (κ2) is 4.72. The number of piperidine rings is 1. The van der Waals surface area contributed by atoms with E-state index in [4.69, 9.17) is 9.47 Å². The van der Waals surface area contributed by atoms with E-state index in [2.05, 4.69) is 24.1 Å². The van der Waals surface area contributed by atoms with Crippen LogP contribution in [0.15, 0.2) is 12.1 Å². The molecule has 1 saturated carbocycles. The van der Waals surface area contributed by atoms with Crippen LogP contribution in [0.4, 0.5) is 0 Å². The molecule has 0 spiro atoms. The largest absolute Gasteiger partial charge is 0.467 e. The van der Waals surface area contributed by atoms with Gasteiger partial charge in [0.25, 0.3) is 0 Å². The van der Waals surface area contributed by atoms with Crippen molar-refractivity contribution < 1.29 is 9.47 Å². The Morgan fingerprint density at radius 2 is 2.14 bits per heavy atom. The summed E-state index contributed by atoms with van der Waals surface area (Å²) in [6.07, 6.45) is 8.15. The van der Waals surface area contributed by atoms with Crippen molar-refractivity contribution in [3.63, 3.8) is 0 Å². The Bertz CT molecular complexity index is 614. The molecule has 2 aliphatic carbocycles. The highest BCUT2D eigenvalue weighted by atomic mass is 16.7. The first-order valence-corrected chi connectivity index (χ1v) is 8.85. The third kappa shape index (κ3) is 1.70. The van der Waals surface area contributed by atoms with Gasteiger partial charge in [0, 0.05) is 17.0 Å². The highest BCUT2D eigenvalue weighted by molar-refractivity contribution is 5.50. The average Bonchev–Trinajstić information content (AvgIpc) is 2.57. The maximum absolute atomic E-state index is 5.79. The summed E-state index contributed by atoms with van der Waals surface area (Å²) < 4.78 is 11.3. The molecule has 1 saturated heterocycles. The monoisotopic (exact) mass is 299 g/mol. The number of benzene rings is 1. The second-order valence-corrected chi connectivity index (χ2v) is 7.74. The van der Waals surface area contributed by atoms with Gasteiger partial charge in [0.05, 0.1) is 6.61 Å². The van der Waals surface area contributed by atoms with Crippen molar-refractivity contribution in [2.45, 2.75) is 56.6 Å².